The fourth-order valence-corrected chi connectivity index (χ4v) is 3.96. The molecule has 0 spiro atoms. The normalized spacial score (nSPS) is 15.0. The number of pyridine rings is 1. The first-order valence-electron chi connectivity index (χ1n) is 10.4. The highest BCUT2D eigenvalue weighted by Gasteiger charge is 2.25. The molecule has 0 atom stereocenters. The van der Waals surface area contributed by atoms with Crippen molar-refractivity contribution in [3.63, 3.8) is 0 Å². The Morgan fingerprint density at radius 1 is 1.10 bits per heavy atom. The van der Waals surface area contributed by atoms with Crippen molar-refractivity contribution in [3.8, 4) is 0 Å². The summed E-state index contributed by atoms with van der Waals surface area (Å²) >= 11 is 5.90. The summed E-state index contributed by atoms with van der Waals surface area (Å²) in [6.07, 6.45) is 2.84. The van der Waals surface area contributed by atoms with E-state index in [0.717, 1.165) is 36.8 Å². The van der Waals surface area contributed by atoms with E-state index in [2.05, 4.69) is 15.2 Å². The summed E-state index contributed by atoms with van der Waals surface area (Å²) in [5.74, 6) is 0.208. The van der Waals surface area contributed by atoms with Crippen LogP contribution < -0.4 is 5.32 Å². The van der Waals surface area contributed by atoms with Gasteiger partial charge >= 0.3 is 6.09 Å². The molecule has 160 valence electrons. The summed E-state index contributed by atoms with van der Waals surface area (Å²) < 4.78 is 5.32. The first-order chi connectivity index (χ1) is 15.1. The number of benzene rings is 2. The lowest BCUT2D eigenvalue weighted by Gasteiger charge is -2.31. The third-order valence-corrected chi connectivity index (χ3v) is 5.83. The smallest absolute Gasteiger partial charge is 0.411 e. The number of hydrogen-bond donors (Lipinski definition) is 1. The lowest BCUT2D eigenvalue weighted by molar-refractivity contribution is 0.0813. The first kappa shape index (κ1) is 21.3. The average Bonchev–Trinajstić information content (AvgIpc) is 2.79. The number of carbonyl (C=O) groups is 2. The minimum Gasteiger partial charge on any atom is -0.448 e. The molecule has 1 aliphatic rings. The Balaban J connectivity index is 1.18. The van der Waals surface area contributed by atoms with Crippen molar-refractivity contribution < 1.29 is 14.3 Å². The number of hydrogen-bond acceptors (Lipinski definition) is 5. The number of Topliss-reactive ketones (excluding diaryl/α,β-unsaturated/α-hetero) is 1. The minimum absolute atomic E-state index is 0.0307. The molecule has 1 saturated heterocycles. The Bertz CT molecular complexity index is 1060. The molecule has 0 unspecified atom stereocenters. The van der Waals surface area contributed by atoms with Crippen LogP contribution in [0.25, 0.3) is 10.9 Å². The molecule has 1 aromatic heterocycles. The molecule has 3 aromatic rings. The van der Waals surface area contributed by atoms with Crippen LogP contribution in [0.3, 0.4) is 0 Å². The summed E-state index contributed by atoms with van der Waals surface area (Å²) in [5.41, 5.74) is 2.18. The maximum Gasteiger partial charge on any atom is 0.411 e. The van der Waals surface area contributed by atoms with Gasteiger partial charge in [0, 0.05) is 40.3 Å². The van der Waals surface area contributed by atoms with Crippen LogP contribution in [0, 0.1) is 5.92 Å². The molecule has 6 nitrogen and oxygen atoms in total. The standard InChI is InChI=1S/C24H24ClN3O3/c25-20-6-3-18(4-7-20)23(29)19-9-12-28(13-10-19)14-15-31-24(30)27-21-8-5-17-2-1-11-26-22(17)16-21/h1-8,11,16,19H,9-10,12-15H2,(H,27,30). The van der Waals surface area contributed by atoms with E-state index in [0.29, 0.717) is 29.4 Å². The summed E-state index contributed by atoms with van der Waals surface area (Å²) in [6, 6.07) is 16.5. The number of halogens is 1. The van der Waals surface area contributed by atoms with Crippen LogP contribution >= 0.6 is 11.6 Å². The van der Waals surface area contributed by atoms with E-state index in [-0.39, 0.29) is 11.7 Å². The molecule has 2 heterocycles. The van der Waals surface area contributed by atoms with Gasteiger partial charge < -0.3 is 4.74 Å². The van der Waals surface area contributed by atoms with Crippen molar-refractivity contribution >= 4 is 40.1 Å². The Labute approximate surface area is 186 Å². The van der Waals surface area contributed by atoms with Crippen molar-refractivity contribution in [2.75, 3.05) is 31.6 Å². The Hall–Kier alpha value is -2.96. The van der Waals surface area contributed by atoms with Crippen LogP contribution in [0.4, 0.5) is 10.5 Å². The molecule has 0 radical (unpaired) electrons. The van der Waals surface area contributed by atoms with Gasteiger partial charge in [0.15, 0.2) is 5.78 Å². The van der Waals surface area contributed by atoms with E-state index in [1.165, 1.54) is 0 Å². The maximum absolute atomic E-state index is 12.6. The van der Waals surface area contributed by atoms with Crippen LogP contribution in [0.1, 0.15) is 23.2 Å². The van der Waals surface area contributed by atoms with Crippen LogP contribution in [-0.4, -0.2) is 48.0 Å². The van der Waals surface area contributed by atoms with Crippen LogP contribution in [-0.2, 0) is 4.74 Å². The van der Waals surface area contributed by atoms with E-state index in [4.69, 9.17) is 16.3 Å². The van der Waals surface area contributed by atoms with E-state index < -0.39 is 6.09 Å². The van der Waals surface area contributed by atoms with Gasteiger partial charge in [-0.15, -0.1) is 0 Å². The van der Waals surface area contributed by atoms with Crippen molar-refractivity contribution in [1.29, 1.82) is 0 Å². The van der Waals surface area contributed by atoms with Gasteiger partial charge in [0.2, 0.25) is 0 Å². The van der Waals surface area contributed by atoms with Crippen molar-refractivity contribution in [1.82, 2.24) is 9.88 Å². The van der Waals surface area contributed by atoms with Gasteiger partial charge in [0.25, 0.3) is 0 Å². The highest BCUT2D eigenvalue weighted by atomic mass is 35.5. The van der Waals surface area contributed by atoms with Gasteiger partial charge in [-0.2, -0.15) is 0 Å². The van der Waals surface area contributed by atoms with Crippen molar-refractivity contribution in [3.05, 3.63) is 71.4 Å². The lowest BCUT2D eigenvalue weighted by atomic mass is 9.89. The summed E-state index contributed by atoms with van der Waals surface area (Å²) in [6.45, 7) is 2.57. The Morgan fingerprint density at radius 2 is 1.87 bits per heavy atom. The SMILES string of the molecule is O=C(Nc1ccc2cccnc2c1)OCCN1CCC(C(=O)c2ccc(Cl)cc2)CC1. The number of carbonyl (C=O) groups excluding carboxylic acids is 2. The highest BCUT2D eigenvalue weighted by Crippen LogP contribution is 2.23. The molecule has 1 aliphatic heterocycles. The Kier molecular flexibility index (Phi) is 6.79. The number of aromatic nitrogens is 1. The highest BCUT2D eigenvalue weighted by molar-refractivity contribution is 6.30. The number of anilines is 1. The van der Waals surface area contributed by atoms with Gasteiger partial charge in [-0.05, 0) is 68.4 Å². The second-order valence-electron chi connectivity index (χ2n) is 7.66. The molecule has 1 fully saturated rings. The average molecular weight is 438 g/mol. The number of piperidine rings is 1. The minimum atomic E-state index is -0.483. The first-order valence-corrected chi connectivity index (χ1v) is 10.8. The number of fused-ring (bicyclic) bond motifs is 1. The van der Waals surface area contributed by atoms with Gasteiger partial charge in [-0.1, -0.05) is 23.7 Å². The van der Waals surface area contributed by atoms with Gasteiger partial charge in [-0.3, -0.25) is 20.0 Å². The predicted molar refractivity (Wildman–Crippen MR) is 122 cm³/mol. The van der Waals surface area contributed by atoms with Gasteiger partial charge in [0.05, 0.1) is 5.52 Å². The predicted octanol–water partition coefficient (Wildman–Crippen LogP) is 5.03. The Morgan fingerprint density at radius 3 is 2.65 bits per heavy atom. The number of ether oxygens (including phenoxy) is 1. The van der Waals surface area contributed by atoms with E-state index >= 15 is 0 Å². The zero-order valence-corrected chi connectivity index (χ0v) is 17.8. The molecule has 1 amide bonds. The second-order valence-corrected chi connectivity index (χ2v) is 8.10. The number of likely N-dealkylation sites (tertiary alicyclic amines) is 1. The topological polar surface area (TPSA) is 71.5 Å². The van der Waals surface area contributed by atoms with Crippen LogP contribution in [0.2, 0.25) is 5.02 Å². The second kappa shape index (κ2) is 9.90. The largest absolute Gasteiger partial charge is 0.448 e. The molecule has 7 heteroatoms. The molecular weight excluding hydrogens is 414 g/mol. The number of amides is 1. The third kappa shape index (κ3) is 5.60. The van der Waals surface area contributed by atoms with Gasteiger partial charge in [0.1, 0.15) is 6.61 Å². The summed E-state index contributed by atoms with van der Waals surface area (Å²) in [4.78, 5) is 31.2. The molecule has 0 bridgehead atoms. The van der Waals surface area contributed by atoms with Crippen molar-refractivity contribution in [2.24, 2.45) is 5.92 Å². The molecule has 2 aromatic carbocycles. The third-order valence-electron chi connectivity index (χ3n) is 5.58. The fraction of sp³-hybridized carbons (Fsp3) is 0.292. The van der Waals surface area contributed by atoms with E-state index in [1.54, 1.807) is 30.5 Å². The summed E-state index contributed by atoms with van der Waals surface area (Å²) in [7, 11) is 0. The molecule has 1 N–H and O–H groups in total. The number of rotatable bonds is 6. The van der Waals surface area contributed by atoms with Gasteiger partial charge in [-0.25, -0.2) is 4.79 Å². The number of nitrogens with one attached hydrogen (secondary N) is 1. The lowest BCUT2D eigenvalue weighted by Crippen LogP contribution is -2.38. The fourth-order valence-electron chi connectivity index (χ4n) is 3.83. The maximum atomic E-state index is 12.6. The van der Waals surface area contributed by atoms with E-state index in [9.17, 15) is 9.59 Å². The number of nitrogens with zero attached hydrogens (tertiary/aromatic N) is 2. The molecule has 4 rings (SSSR count). The van der Waals surface area contributed by atoms with Crippen LogP contribution in [0.5, 0.6) is 0 Å². The molecule has 31 heavy (non-hydrogen) atoms. The molecule has 0 aliphatic carbocycles. The zero-order chi connectivity index (χ0) is 21.6. The van der Waals surface area contributed by atoms with E-state index in [1.807, 2.05) is 30.3 Å². The quantitative estimate of drug-likeness (QED) is 0.547. The monoisotopic (exact) mass is 437 g/mol. The zero-order valence-electron chi connectivity index (χ0n) is 17.1. The van der Waals surface area contributed by atoms with Crippen molar-refractivity contribution in [2.45, 2.75) is 12.8 Å². The number of ketones is 1. The summed E-state index contributed by atoms with van der Waals surface area (Å²) in [5, 5.41) is 4.39. The molecule has 0 saturated carbocycles. The van der Waals surface area contributed by atoms with Crippen LogP contribution in [0.15, 0.2) is 60.8 Å². The molecular formula is C24H24ClN3O3.